The first-order valence-corrected chi connectivity index (χ1v) is 4.79. The van der Waals surface area contributed by atoms with E-state index in [1.807, 2.05) is 0 Å². The molecule has 3 nitrogen and oxygen atoms in total. The van der Waals surface area contributed by atoms with E-state index < -0.39 is 0 Å². The van der Waals surface area contributed by atoms with Crippen LogP contribution in [0.15, 0.2) is 0 Å². The third-order valence-corrected chi connectivity index (χ3v) is 2.38. The van der Waals surface area contributed by atoms with Crippen LogP contribution < -0.4 is 5.32 Å². The van der Waals surface area contributed by atoms with Crippen LogP contribution in [0.25, 0.3) is 0 Å². The van der Waals surface area contributed by atoms with E-state index in [0.29, 0.717) is 6.42 Å². The van der Waals surface area contributed by atoms with Crippen molar-refractivity contribution in [2.24, 2.45) is 0 Å². The molecule has 1 aliphatic carbocycles. The Morgan fingerprint density at radius 1 is 1.58 bits per heavy atom. The van der Waals surface area contributed by atoms with Crippen LogP contribution >= 0.6 is 11.6 Å². The monoisotopic (exact) mass is 191 g/mol. The largest absolute Gasteiger partial charge is 0.393 e. The SMILES string of the molecule is O=C(CCl)NC1CCCC(O)C1. The van der Waals surface area contributed by atoms with Gasteiger partial charge in [-0.25, -0.2) is 0 Å². The van der Waals surface area contributed by atoms with Crippen molar-refractivity contribution < 1.29 is 9.90 Å². The minimum atomic E-state index is -0.251. The molecule has 1 saturated carbocycles. The van der Waals surface area contributed by atoms with Gasteiger partial charge in [0.1, 0.15) is 5.88 Å². The molecule has 0 aromatic carbocycles. The van der Waals surface area contributed by atoms with Gasteiger partial charge < -0.3 is 10.4 Å². The Kier molecular flexibility index (Phi) is 3.82. The Morgan fingerprint density at radius 2 is 2.33 bits per heavy atom. The van der Waals surface area contributed by atoms with Gasteiger partial charge in [-0.2, -0.15) is 0 Å². The number of carbonyl (C=O) groups excluding carboxylic acids is 1. The molecule has 1 amide bonds. The van der Waals surface area contributed by atoms with Crippen LogP contribution in [0.3, 0.4) is 0 Å². The number of aliphatic hydroxyl groups excluding tert-OH is 1. The van der Waals surface area contributed by atoms with Crippen molar-refractivity contribution in [1.29, 1.82) is 0 Å². The fourth-order valence-corrected chi connectivity index (χ4v) is 1.64. The first-order chi connectivity index (χ1) is 5.72. The minimum absolute atomic E-state index is 0.00654. The van der Waals surface area contributed by atoms with Gasteiger partial charge in [-0.1, -0.05) is 0 Å². The molecule has 1 rings (SSSR count). The Balaban J connectivity index is 2.27. The quantitative estimate of drug-likeness (QED) is 0.630. The van der Waals surface area contributed by atoms with Gasteiger partial charge in [-0.3, -0.25) is 4.79 Å². The highest BCUT2D eigenvalue weighted by molar-refractivity contribution is 6.27. The molecule has 0 aromatic rings. The first kappa shape index (κ1) is 9.81. The van der Waals surface area contributed by atoms with Gasteiger partial charge in [0.15, 0.2) is 0 Å². The maximum Gasteiger partial charge on any atom is 0.235 e. The summed E-state index contributed by atoms with van der Waals surface area (Å²) in [6.07, 6.45) is 3.21. The van der Waals surface area contributed by atoms with Crippen LogP contribution in [0.1, 0.15) is 25.7 Å². The molecule has 12 heavy (non-hydrogen) atoms. The van der Waals surface area contributed by atoms with Gasteiger partial charge in [-0.05, 0) is 25.7 Å². The summed E-state index contributed by atoms with van der Waals surface area (Å²) in [6, 6.07) is 0.125. The smallest absolute Gasteiger partial charge is 0.235 e. The van der Waals surface area contributed by atoms with Gasteiger partial charge in [-0.15, -0.1) is 11.6 Å². The molecular formula is C8H14ClNO2. The number of hydrogen-bond acceptors (Lipinski definition) is 2. The van der Waals surface area contributed by atoms with Crippen LogP contribution in [0.4, 0.5) is 0 Å². The van der Waals surface area contributed by atoms with E-state index in [-0.39, 0.29) is 23.9 Å². The summed E-state index contributed by atoms with van der Waals surface area (Å²) in [5.74, 6) is -0.136. The fraction of sp³-hybridized carbons (Fsp3) is 0.875. The summed E-state index contributed by atoms with van der Waals surface area (Å²) in [6.45, 7) is 0. The number of alkyl halides is 1. The summed E-state index contributed by atoms with van der Waals surface area (Å²) in [5.41, 5.74) is 0. The van der Waals surface area contributed by atoms with Crippen molar-refractivity contribution in [2.45, 2.75) is 37.8 Å². The highest BCUT2D eigenvalue weighted by Crippen LogP contribution is 2.18. The second kappa shape index (κ2) is 4.67. The molecule has 0 heterocycles. The van der Waals surface area contributed by atoms with Crippen molar-refractivity contribution in [3.05, 3.63) is 0 Å². The van der Waals surface area contributed by atoms with E-state index in [9.17, 15) is 9.90 Å². The molecule has 1 aliphatic rings. The van der Waals surface area contributed by atoms with E-state index in [1.54, 1.807) is 0 Å². The Morgan fingerprint density at radius 3 is 2.92 bits per heavy atom. The summed E-state index contributed by atoms with van der Waals surface area (Å²) in [7, 11) is 0. The predicted octanol–water partition coefficient (Wildman–Crippen LogP) is 0.645. The number of amides is 1. The lowest BCUT2D eigenvalue weighted by Crippen LogP contribution is -2.40. The number of rotatable bonds is 2. The molecule has 0 radical (unpaired) electrons. The zero-order valence-electron chi connectivity index (χ0n) is 6.92. The summed E-state index contributed by atoms with van der Waals surface area (Å²) in [4.78, 5) is 10.9. The van der Waals surface area contributed by atoms with Gasteiger partial charge >= 0.3 is 0 Å². The average molecular weight is 192 g/mol. The summed E-state index contributed by atoms with van der Waals surface area (Å²) < 4.78 is 0. The van der Waals surface area contributed by atoms with Crippen molar-refractivity contribution in [3.8, 4) is 0 Å². The van der Waals surface area contributed by atoms with Crippen LogP contribution in [0.2, 0.25) is 0 Å². The third-order valence-electron chi connectivity index (χ3n) is 2.13. The molecular weight excluding hydrogens is 178 g/mol. The second-order valence-corrected chi connectivity index (χ2v) is 3.49. The molecule has 0 bridgehead atoms. The number of halogens is 1. The molecule has 2 N–H and O–H groups in total. The lowest BCUT2D eigenvalue weighted by atomic mass is 9.93. The maximum absolute atomic E-state index is 10.9. The van der Waals surface area contributed by atoms with Crippen LogP contribution in [-0.4, -0.2) is 29.0 Å². The third kappa shape index (κ3) is 2.99. The molecule has 0 aromatic heterocycles. The molecule has 0 saturated heterocycles. The maximum atomic E-state index is 10.9. The number of nitrogens with one attached hydrogen (secondary N) is 1. The molecule has 70 valence electrons. The number of hydrogen-bond donors (Lipinski definition) is 2. The van der Waals surface area contributed by atoms with E-state index in [0.717, 1.165) is 19.3 Å². The van der Waals surface area contributed by atoms with Crippen molar-refractivity contribution in [1.82, 2.24) is 5.32 Å². The molecule has 0 aliphatic heterocycles. The van der Waals surface area contributed by atoms with Crippen LogP contribution in [-0.2, 0) is 4.79 Å². The van der Waals surface area contributed by atoms with Crippen LogP contribution in [0, 0.1) is 0 Å². The Labute approximate surface area is 77.1 Å². The van der Waals surface area contributed by atoms with Gasteiger partial charge in [0.2, 0.25) is 5.91 Å². The second-order valence-electron chi connectivity index (χ2n) is 3.22. The average Bonchev–Trinajstić information content (AvgIpc) is 2.04. The lowest BCUT2D eigenvalue weighted by molar-refractivity contribution is -0.119. The van der Waals surface area contributed by atoms with E-state index in [2.05, 4.69) is 5.32 Å². The van der Waals surface area contributed by atoms with Gasteiger partial charge in [0, 0.05) is 6.04 Å². The number of carbonyl (C=O) groups is 1. The van der Waals surface area contributed by atoms with E-state index in [4.69, 9.17) is 11.6 Å². The highest BCUT2D eigenvalue weighted by Gasteiger charge is 2.20. The van der Waals surface area contributed by atoms with Gasteiger partial charge in [0.05, 0.1) is 6.10 Å². The molecule has 1 fully saturated rings. The predicted molar refractivity (Wildman–Crippen MR) is 47.1 cm³/mol. The first-order valence-electron chi connectivity index (χ1n) is 4.25. The highest BCUT2D eigenvalue weighted by atomic mass is 35.5. The summed E-state index contributed by atoms with van der Waals surface area (Å²) in [5, 5.41) is 12.0. The van der Waals surface area contributed by atoms with E-state index in [1.165, 1.54) is 0 Å². The zero-order chi connectivity index (χ0) is 8.97. The Bertz CT molecular complexity index is 163. The topological polar surface area (TPSA) is 49.3 Å². The standard InChI is InChI=1S/C8H14ClNO2/c9-5-8(12)10-6-2-1-3-7(11)4-6/h6-7,11H,1-5H2,(H,10,12). The van der Waals surface area contributed by atoms with Crippen molar-refractivity contribution in [3.63, 3.8) is 0 Å². The van der Waals surface area contributed by atoms with Crippen LogP contribution in [0.5, 0.6) is 0 Å². The number of aliphatic hydroxyl groups is 1. The zero-order valence-corrected chi connectivity index (χ0v) is 7.68. The molecule has 2 unspecified atom stereocenters. The molecule has 0 spiro atoms. The normalized spacial score (nSPS) is 29.8. The van der Waals surface area contributed by atoms with E-state index >= 15 is 0 Å². The molecule has 4 heteroatoms. The lowest BCUT2D eigenvalue weighted by Gasteiger charge is -2.26. The van der Waals surface area contributed by atoms with Gasteiger partial charge in [0.25, 0.3) is 0 Å². The fourth-order valence-electron chi connectivity index (χ4n) is 1.56. The molecule has 2 atom stereocenters. The minimum Gasteiger partial charge on any atom is -0.393 e. The van der Waals surface area contributed by atoms with Crippen molar-refractivity contribution in [2.75, 3.05) is 5.88 Å². The summed E-state index contributed by atoms with van der Waals surface area (Å²) >= 11 is 5.33. The van der Waals surface area contributed by atoms with Crippen molar-refractivity contribution >= 4 is 17.5 Å². The Hall–Kier alpha value is -0.280.